The Kier molecular flexibility index (Phi) is 6.89. The SMILES string of the molecule is CCOC(=O)c1ccc(NC(=O)c2cc(NCCc3ccccc3)ncn2)cc1. The Morgan fingerprint density at radius 3 is 2.48 bits per heavy atom. The first kappa shape index (κ1) is 20.0. The molecule has 0 saturated carbocycles. The van der Waals surface area contributed by atoms with Gasteiger partial charge in [-0.2, -0.15) is 0 Å². The van der Waals surface area contributed by atoms with E-state index in [4.69, 9.17) is 4.74 Å². The van der Waals surface area contributed by atoms with Crippen LogP contribution >= 0.6 is 0 Å². The predicted octanol–water partition coefficient (Wildman–Crippen LogP) is 3.56. The van der Waals surface area contributed by atoms with Crippen molar-refractivity contribution in [1.29, 1.82) is 0 Å². The topological polar surface area (TPSA) is 93.2 Å². The predicted molar refractivity (Wildman–Crippen MR) is 111 cm³/mol. The molecule has 0 bridgehead atoms. The summed E-state index contributed by atoms with van der Waals surface area (Å²) in [6.07, 6.45) is 2.20. The van der Waals surface area contributed by atoms with Crippen LogP contribution in [-0.4, -0.2) is 35.0 Å². The van der Waals surface area contributed by atoms with Gasteiger partial charge in [0.1, 0.15) is 17.8 Å². The minimum absolute atomic E-state index is 0.247. The fourth-order valence-corrected chi connectivity index (χ4v) is 2.66. The number of ether oxygens (including phenoxy) is 1. The monoisotopic (exact) mass is 390 g/mol. The van der Waals surface area contributed by atoms with Gasteiger partial charge in [-0.05, 0) is 43.2 Å². The van der Waals surface area contributed by atoms with Gasteiger partial charge in [-0.25, -0.2) is 14.8 Å². The molecular formula is C22H22N4O3. The Morgan fingerprint density at radius 1 is 1.00 bits per heavy atom. The maximum Gasteiger partial charge on any atom is 0.338 e. The molecule has 0 aliphatic rings. The van der Waals surface area contributed by atoms with Gasteiger partial charge in [0.05, 0.1) is 12.2 Å². The highest BCUT2D eigenvalue weighted by Gasteiger charge is 2.11. The molecule has 29 heavy (non-hydrogen) atoms. The summed E-state index contributed by atoms with van der Waals surface area (Å²) in [5, 5.41) is 5.96. The zero-order chi connectivity index (χ0) is 20.5. The molecule has 2 N–H and O–H groups in total. The molecule has 2 aromatic carbocycles. The summed E-state index contributed by atoms with van der Waals surface area (Å²) in [6.45, 7) is 2.75. The van der Waals surface area contributed by atoms with E-state index in [-0.39, 0.29) is 11.6 Å². The number of rotatable bonds is 8. The van der Waals surface area contributed by atoms with Crippen LogP contribution in [0.5, 0.6) is 0 Å². The minimum atomic E-state index is -0.396. The molecule has 148 valence electrons. The van der Waals surface area contributed by atoms with Crippen LogP contribution in [0.3, 0.4) is 0 Å². The number of nitrogens with one attached hydrogen (secondary N) is 2. The van der Waals surface area contributed by atoms with Crippen LogP contribution in [-0.2, 0) is 11.2 Å². The Labute approximate surface area is 169 Å². The fraction of sp³-hybridized carbons (Fsp3) is 0.182. The van der Waals surface area contributed by atoms with Crippen molar-refractivity contribution >= 4 is 23.4 Å². The van der Waals surface area contributed by atoms with Crippen LogP contribution in [0.1, 0.15) is 33.3 Å². The van der Waals surface area contributed by atoms with E-state index in [0.29, 0.717) is 30.2 Å². The first-order chi connectivity index (χ1) is 14.2. The first-order valence-electron chi connectivity index (χ1n) is 9.34. The number of carbonyl (C=O) groups excluding carboxylic acids is 2. The van der Waals surface area contributed by atoms with Gasteiger partial charge in [0.25, 0.3) is 5.91 Å². The molecule has 0 fully saturated rings. The molecule has 1 aromatic heterocycles. The average Bonchev–Trinajstić information content (AvgIpc) is 2.75. The van der Waals surface area contributed by atoms with Gasteiger partial charge < -0.3 is 15.4 Å². The van der Waals surface area contributed by atoms with Gasteiger partial charge in [0, 0.05) is 18.3 Å². The normalized spacial score (nSPS) is 10.2. The summed E-state index contributed by atoms with van der Waals surface area (Å²) in [6, 6.07) is 18.2. The van der Waals surface area contributed by atoms with Crippen molar-refractivity contribution in [2.45, 2.75) is 13.3 Å². The number of aromatic nitrogens is 2. The number of hydrogen-bond donors (Lipinski definition) is 2. The lowest BCUT2D eigenvalue weighted by Gasteiger charge is -2.08. The molecule has 0 radical (unpaired) electrons. The first-order valence-corrected chi connectivity index (χ1v) is 9.34. The van der Waals surface area contributed by atoms with E-state index in [2.05, 4.69) is 32.7 Å². The zero-order valence-electron chi connectivity index (χ0n) is 16.1. The summed E-state index contributed by atoms with van der Waals surface area (Å²) >= 11 is 0. The second kappa shape index (κ2) is 9.98. The quantitative estimate of drug-likeness (QED) is 0.571. The van der Waals surface area contributed by atoms with Crippen LogP contribution in [0.25, 0.3) is 0 Å². The lowest BCUT2D eigenvalue weighted by molar-refractivity contribution is 0.0526. The van der Waals surface area contributed by atoms with Crippen LogP contribution in [0, 0.1) is 0 Å². The fourth-order valence-electron chi connectivity index (χ4n) is 2.66. The number of carbonyl (C=O) groups is 2. The Bertz CT molecular complexity index is 959. The molecule has 0 unspecified atom stereocenters. The third-order valence-corrected chi connectivity index (χ3v) is 4.12. The van der Waals surface area contributed by atoms with Gasteiger partial charge in [-0.1, -0.05) is 30.3 Å². The Balaban J connectivity index is 1.56. The zero-order valence-corrected chi connectivity index (χ0v) is 16.1. The van der Waals surface area contributed by atoms with Crippen molar-refractivity contribution in [3.63, 3.8) is 0 Å². The van der Waals surface area contributed by atoms with E-state index in [1.165, 1.54) is 11.9 Å². The summed E-state index contributed by atoms with van der Waals surface area (Å²) < 4.78 is 4.94. The highest BCUT2D eigenvalue weighted by atomic mass is 16.5. The largest absolute Gasteiger partial charge is 0.462 e. The lowest BCUT2D eigenvalue weighted by atomic mass is 10.1. The van der Waals surface area contributed by atoms with Crippen LogP contribution in [0.15, 0.2) is 67.0 Å². The number of benzene rings is 2. The second-order valence-electron chi connectivity index (χ2n) is 6.20. The van der Waals surface area contributed by atoms with Gasteiger partial charge in [-0.3, -0.25) is 4.79 Å². The highest BCUT2D eigenvalue weighted by Crippen LogP contribution is 2.13. The average molecular weight is 390 g/mol. The summed E-state index contributed by atoms with van der Waals surface area (Å²) in [7, 11) is 0. The minimum Gasteiger partial charge on any atom is -0.462 e. The van der Waals surface area contributed by atoms with Crippen molar-refractivity contribution in [3.05, 3.63) is 83.8 Å². The Morgan fingerprint density at radius 2 is 1.76 bits per heavy atom. The molecular weight excluding hydrogens is 368 g/mol. The second-order valence-corrected chi connectivity index (χ2v) is 6.20. The molecule has 7 heteroatoms. The van der Waals surface area contributed by atoms with E-state index in [1.807, 2.05) is 18.2 Å². The third-order valence-electron chi connectivity index (χ3n) is 4.12. The lowest BCUT2D eigenvalue weighted by Crippen LogP contribution is -2.15. The van der Waals surface area contributed by atoms with E-state index < -0.39 is 5.97 Å². The number of anilines is 2. The van der Waals surface area contributed by atoms with Crippen molar-refractivity contribution in [1.82, 2.24) is 9.97 Å². The molecule has 7 nitrogen and oxygen atoms in total. The number of nitrogens with zero attached hydrogens (tertiary/aromatic N) is 2. The van der Waals surface area contributed by atoms with Crippen molar-refractivity contribution in [2.75, 3.05) is 23.8 Å². The molecule has 1 amide bonds. The van der Waals surface area contributed by atoms with Gasteiger partial charge in [0.15, 0.2) is 0 Å². The smallest absolute Gasteiger partial charge is 0.338 e. The summed E-state index contributed by atoms with van der Waals surface area (Å²) in [5.41, 5.74) is 2.45. The molecule has 1 heterocycles. The third kappa shape index (κ3) is 5.87. The van der Waals surface area contributed by atoms with E-state index in [0.717, 1.165) is 6.42 Å². The highest BCUT2D eigenvalue weighted by molar-refractivity contribution is 6.03. The number of amides is 1. The molecule has 3 rings (SSSR count). The maximum absolute atomic E-state index is 12.5. The molecule has 0 spiro atoms. The van der Waals surface area contributed by atoms with Crippen molar-refractivity contribution in [3.8, 4) is 0 Å². The maximum atomic E-state index is 12.5. The van der Waals surface area contributed by atoms with E-state index in [1.54, 1.807) is 37.3 Å². The Hall–Kier alpha value is -3.74. The van der Waals surface area contributed by atoms with Gasteiger partial charge >= 0.3 is 5.97 Å². The van der Waals surface area contributed by atoms with Crippen LogP contribution < -0.4 is 10.6 Å². The van der Waals surface area contributed by atoms with E-state index >= 15 is 0 Å². The molecule has 3 aromatic rings. The van der Waals surface area contributed by atoms with Crippen molar-refractivity contribution < 1.29 is 14.3 Å². The molecule has 0 aliphatic heterocycles. The summed E-state index contributed by atoms with van der Waals surface area (Å²) in [4.78, 5) is 32.3. The summed E-state index contributed by atoms with van der Waals surface area (Å²) in [5.74, 6) is -0.173. The van der Waals surface area contributed by atoms with Crippen molar-refractivity contribution in [2.24, 2.45) is 0 Å². The van der Waals surface area contributed by atoms with Gasteiger partial charge in [-0.15, -0.1) is 0 Å². The van der Waals surface area contributed by atoms with Crippen LogP contribution in [0.4, 0.5) is 11.5 Å². The molecule has 0 aliphatic carbocycles. The number of esters is 1. The molecule has 0 atom stereocenters. The van der Waals surface area contributed by atoms with Crippen LogP contribution in [0.2, 0.25) is 0 Å². The number of hydrogen-bond acceptors (Lipinski definition) is 6. The van der Waals surface area contributed by atoms with E-state index in [9.17, 15) is 9.59 Å². The van der Waals surface area contributed by atoms with Gasteiger partial charge in [0.2, 0.25) is 0 Å². The standard InChI is InChI=1S/C22H22N4O3/c1-2-29-22(28)17-8-10-18(11-9-17)26-21(27)19-14-20(25-15-24-19)23-13-12-16-6-4-3-5-7-16/h3-11,14-15H,2,12-13H2,1H3,(H,26,27)(H,23,24,25). The molecule has 0 saturated heterocycles.